The Morgan fingerprint density at radius 3 is 2.69 bits per heavy atom. The van der Waals surface area contributed by atoms with Crippen molar-refractivity contribution in [1.82, 2.24) is 10.1 Å². The fourth-order valence-electron chi connectivity index (χ4n) is 0.985. The molecule has 0 heterocycles. The summed E-state index contributed by atoms with van der Waals surface area (Å²) in [5.74, 6) is 4.94. The van der Waals surface area contributed by atoms with E-state index in [1.807, 2.05) is 6.07 Å². The number of hydrogen-bond donors (Lipinski definition) is 3. The predicted molar refractivity (Wildman–Crippen MR) is 64.8 cm³/mol. The number of guanidine groups is 1. The third-order valence-corrected chi connectivity index (χ3v) is 2.51. The van der Waals surface area contributed by atoms with Gasteiger partial charge in [-0.2, -0.15) is 16.5 Å². The average Bonchev–Trinajstić information content (AvgIpc) is 2.29. The number of nitrogens with one attached hydrogen (secondary N) is 1. The number of nitrogens with zero attached hydrogens (tertiary/aromatic N) is 2. The maximum absolute atomic E-state index is 8.92. The molecular weight excluding hydrogens is 249 g/mol. The predicted octanol–water partition coefficient (Wildman–Crippen LogP) is 0.151. The smallest absolute Gasteiger partial charge is 0.275 e. The van der Waals surface area contributed by atoms with Crippen LogP contribution in [-0.4, -0.2) is 11.7 Å². The summed E-state index contributed by atoms with van der Waals surface area (Å²) in [4.78, 5) is 0. The van der Waals surface area contributed by atoms with Gasteiger partial charge in [0.05, 0.1) is 15.6 Å². The molecule has 7 heteroatoms. The summed E-state index contributed by atoms with van der Waals surface area (Å²) in [6.45, 7) is 0. The minimum Gasteiger partial charge on any atom is -0.275 e. The summed E-state index contributed by atoms with van der Waals surface area (Å²) < 4.78 is 3.76. The molecule has 5 N–H and O–H groups in total. The number of nitrogens with two attached hydrogens (primary N) is 2. The highest BCUT2D eigenvalue weighted by molar-refractivity contribution is 6.44. The van der Waals surface area contributed by atoms with Crippen molar-refractivity contribution in [3.63, 3.8) is 0 Å². The number of halogens is 2. The third kappa shape index (κ3) is 2.66. The van der Waals surface area contributed by atoms with Crippen molar-refractivity contribution in [3.8, 4) is 6.07 Å². The Kier molecular flexibility index (Phi) is 4.18. The van der Waals surface area contributed by atoms with Crippen molar-refractivity contribution in [1.29, 1.82) is 5.26 Å². The Morgan fingerprint density at radius 1 is 1.44 bits per heavy atom. The van der Waals surface area contributed by atoms with Crippen LogP contribution in [0.3, 0.4) is 0 Å². The van der Waals surface area contributed by atoms with Gasteiger partial charge in [-0.25, -0.2) is 4.67 Å². The minimum absolute atomic E-state index is 0.0305. The second kappa shape index (κ2) is 5.40. The topological polar surface area (TPSA) is 102 Å². The standard InChI is InChI=1S/C9H7Cl2N5/c10-6-3-1-2-5(8(6)11)7(4-12)15-9(13)16-14/h1-3H,14H2,(H2,13,16)/p+1. The first-order valence-electron chi connectivity index (χ1n) is 4.12. The molecule has 5 nitrogen and oxygen atoms in total. The van der Waals surface area contributed by atoms with Crippen molar-refractivity contribution >= 4 is 34.9 Å². The van der Waals surface area contributed by atoms with Gasteiger partial charge in [0.1, 0.15) is 0 Å². The number of rotatable bonds is 1. The van der Waals surface area contributed by atoms with E-state index in [4.69, 9.17) is 40.0 Å². The molecule has 0 radical (unpaired) electrons. The Balaban J connectivity index is 3.44. The van der Waals surface area contributed by atoms with Gasteiger partial charge in [0.2, 0.25) is 0 Å². The van der Waals surface area contributed by atoms with E-state index in [9.17, 15) is 0 Å². The van der Waals surface area contributed by atoms with Crippen LogP contribution in [0.1, 0.15) is 5.56 Å². The van der Waals surface area contributed by atoms with Crippen LogP contribution in [0, 0.1) is 11.3 Å². The average molecular weight is 257 g/mol. The Morgan fingerprint density at radius 2 is 2.12 bits per heavy atom. The van der Waals surface area contributed by atoms with Gasteiger partial charge in [0.25, 0.3) is 5.71 Å². The zero-order valence-electron chi connectivity index (χ0n) is 8.04. The van der Waals surface area contributed by atoms with Gasteiger partial charge < -0.3 is 0 Å². The molecule has 0 amide bonds. The second-order valence-electron chi connectivity index (χ2n) is 2.70. The van der Waals surface area contributed by atoms with E-state index < -0.39 is 0 Å². The maximum Gasteiger partial charge on any atom is 0.454 e. The summed E-state index contributed by atoms with van der Waals surface area (Å²) in [6, 6.07) is 6.74. The monoisotopic (exact) mass is 256 g/mol. The highest BCUT2D eigenvalue weighted by Gasteiger charge is 2.13. The van der Waals surface area contributed by atoms with E-state index in [-0.39, 0.29) is 16.7 Å². The van der Waals surface area contributed by atoms with Crippen molar-refractivity contribution in [3.05, 3.63) is 33.8 Å². The molecule has 0 fully saturated rings. The van der Waals surface area contributed by atoms with E-state index in [1.54, 1.807) is 18.2 Å². The van der Waals surface area contributed by atoms with E-state index >= 15 is 0 Å². The normalized spacial score (nSPS) is 8.88. The van der Waals surface area contributed by atoms with Crippen molar-refractivity contribution in [2.75, 3.05) is 0 Å². The molecule has 0 aliphatic rings. The largest absolute Gasteiger partial charge is 0.454 e. The summed E-state index contributed by atoms with van der Waals surface area (Å²) in [5.41, 5.74) is 7.88. The number of hydrogen-bond acceptors (Lipinski definition) is 2. The third-order valence-electron chi connectivity index (χ3n) is 1.69. The van der Waals surface area contributed by atoms with Crippen molar-refractivity contribution in [2.45, 2.75) is 0 Å². The summed E-state index contributed by atoms with van der Waals surface area (Å²) in [6.07, 6.45) is 0. The van der Waals surface area contributed by atoms with E-state index in [0.29, 0.717) is 10.6 Å². The Labute approximate surface area is 102 Å². The fourth-order valence-corrected chi connectivity index (χ4v) is 1.37. The molecule has 0 aliphatic carbocycles. The first-order chi connectivity index (χ1) is 7.60. The van der Waals surface area contributed by atoms with Gasteiger partial charge >= 0.3 is 5.96 Å². The molecule has 0 saturated carbocycles. The fraction of sp³-hybridized carbons (Fsp3) is 0. The molecule has 0 unspecified atom stereocenters. The lowest BCUT2D eigenvalue weighted by atomic mass is 10.1. The second-order valence-corrected chi connectivity index (χ2v) is 3.49. The highest BCUT2D eigenvalue weighted by Crippen LogP contribution is 2.25. The van der Waals surface area contributed by atoms with Gasteiger partial charge in [0.15, 0.2) is 6.07 Å². The molecule has 82 valence electrons. The minimum atomic E-state index is -0.0902. The first-order valence-corrected chi connectivity index (χ1v) is 4.88. The van der Waals surface area contributed by atoms with Gasteiger partial charge in [-0.15, -0.1) is 0 Å². The Hall–Kier alpha value is -1.70. The maximum atomic E-state index is 8.92. The molecule has 0 saturated heterocycles. The van der Waals surface area contributed by atoms with E-state index in [2.05, 4.69) is 10.1 Å². The van der Waals surface area contributed by atoms with Crippen LogP contribution in [0.15, 0.2) is 18.2 Å². The van der Waals surface area contributed by atoms with Crippen LogP contribution >= 0.6 is 23.2 Å². The summed E-state index contributed by atoms with van der Waals surface area (Å²) in [5, 5.41) is 9.50. The SMILES string of the molecule is N#CC(=[N+]=C(N)NN)c1cccc(Cl)c1Cl. The zero-order valence-corrected chi connectivity index (χ0v) is 9.55. The molecule has 1 rings (SSSR count). The molecule has 1 aromatic carbocycles. The molecular formula is C9H8Cl2N5+. The molecule has 0 aliphatic heterocycles. The molecule has 0 atom stereocenters. The lowest BCUT2D eigenvalue weighted by molar-refractivity contribution is 1.01. The van der Waals surface area contributed by atoms with Crippen LogP contribution in [0.25, 0.3) is 0 Å². The summed E-state index contributed by atoms with van der Waals surface area (Å²) in [7, 11) is 0. The van der Waals surface area contributed by atoms with Crippen LogP contribution in [0.4, 0.5) is 0 Å². The van der Waals surface area contributed by atoms with Crippen LogP contribution in [-0.2, 0) is 0 Å². The lowest BCUT2D eigenvalue weighted by Crippen LogP contribution is -2.39. The number of nitriles is 1. The van der Waals surface area contributed by atoms with E-state index in [0.717, 1.165) is 0 Å². The zero-order chi connectivity index (χ0) is 12.1. The molecule has 0 aromatic heterocycles. The highest BCUT2D eigenvalue weighted by atomic mass is 35.5. The van der Waals surface area contributed by atoms with Gasteiger partial charge in [0, 0.05) is 0 Å². The number of hydrazine groups is 1. The van der Waals surface area contributed by atoms with Gasteiger partial charge in [-0.05, 0) is 12.1 Å². The number of benzene rings is 1. The quantitative estimate of drug-likeness (QED) is 0.219. The lowest BCUT2D eigenvalue weighted by Gasteiger charge is -1.98. The van der Waals surface area contributed by atoms with Crippen LogP contribution in [0.2, 0.25) is 10.0 Å². The molecule has 0 bridgehead atoms. The summed E-state index contributed by atoms with van der Waals surface area (Å²) >= 11 is 11.7. The molecule has 16 heavy (non-hydrogen) atoms. The van der Waals surface area contributed by atoms with Crippen molar-refractivity contribution in [2.24, 2.45) is 11.6 Å². The first kappa shape index (κ1) is 12.4. The molecule has 0 spiro atoms. The van der Waals surface area contributed by atoms with Crippen molar-refractivity contribution < 1.29 is 0 Å². The molecule has 1 aromatic rings. The van der Waals surface area contributed by atoms with Crippen LogP contribution in [0.5, 0.6) is 0 Å². The Bertz CT molecular complexity index is 511. The van der Waals surface area contributed by atoms with Crippen LogP contribution < -0.4 is 21.7 Å². The van der Waals surface area contributed by atoms with E-state index in [1.165, 1.54) is 0 Å². The van der Waals surface area contributed by atoms with Gasteiger partial charge in [-0.3, -0.25) is 5.73 Å². The van der Waals surface area contributed by atoms with Gasteiger partial charge in [-0.1, -0.05) is 29.3 Å².